The number of nitrogens with one attached hydrogen (secondary N) is 1. The van der Waals surface area contributed by atoms with Crippen molar-refractivity contribution >= 4 is 38.2 Å². The van der Waals surface area contributed by atoms with Crippen LogP contribution in [0.15, 0.2) is 52.6 Å². The van der Waals surface area contributed by atoms with E-state index in [-0.39, 0.29) is 0 Å². The molecule has 0 atom stereocenters. The second kappa shape index (κ2) is 6.61. The Labute approximate surface area is 164 Å². The molecular formula is C20H17BrN4S. The van der Waals surface area contributed by atoms with E-state index in [0.717, 1.165) is 41.2 Å². The molecule has 0 aliphatic carbocycles. The lowest BCUT2D eigenvalue weighted by atomic mass is 10.1. The molecule has 0 bridgehead atoms. The Balaban J connectivity index is 1.38. The Morgan fingerprint density at radius 2 is 2.23 bits per heavy atom. The van der Waals surface area contributed by atoms with Crippen molar-refractivity contribution in [3.63, 3.8) is 0 Å². The first-order valence-corrected chi connectivity index (χ1v) is 10.3. The normalized spacial score (nSPS) is 14.7. The van der Waals surface area contributed by atoms with Gasteiger partial charge in [0.15, 0.2) is 5.82 Å². The van der Waals surface area contributed by atoms with Gasteiger partial charge in [-0.2, -0.15) is 0 Å². The highest BCUT2D eigenvalue weighted by Gasteiger charge is 2.20. The highest BCUT2D eigenvalue weighted by atomic mass is 79.9. The summed E-state index contributed by atoms with van der Waals surface area (Å²) in [6.07, 6.45) is 5.11. The van der Waals surface area contributed by atoms with Gasteiger partial charge in [0.2, 0.25) is 0 Å². The number of nitrogens with zero attached hydrogens (tertiary/aromatic N) is 3. The number of aromatic nitrogens is 3. The van der Waals surface area contributed by atoms with E-state index in [0.29, 0.717) is 0 Å². The second-order valence-electron chi connectivity index (χ2n) is 6.61. The van der Waals surface area contributed by atoms with Gasteiger partial charge in [0.25, 0.3) is 0 Å². The van der Waals surface area contributed by atoms with Crippen molar-refractivity contribution < 1.29 is 0 Å². The van der Waals surface area contributed by atoms with Gasteiger partial charge in [-0.25, -0.2) is 9.97 Å². The molecule has 3 aromatic heterocycles. The number of benzene rings is 1. The Hall–Kier alpha value is -2.02. The lowest BCUT2D eigenvalue weighted by Crippen LogP contribution is -2.30. The summed E-state index contributed by atoms with van der Waals surface area (Å²) in [5.41, 5.74) is 4.96. The predicted molar refractivity (Wildman–Crippen MR) is 109 cm³/mol. The number of aromatic amines is 1. The van der Waals surface area contributed by atoms with Crippen LogP contribution in [-0.2, 0) is 19.5 Å². The first-order chi connectivity index (χ1) is 12.8. The fourth-order valence-corrected chi connectivity index (χ4v) is 4.58. The predicted octanol–water partition coefficient (Wildman–Crippen LogP) is 5.01. The molecule has 0 saturated heterocycles. The molecule has 4 heterocycles. The number of thiophene rings is 1. The SMILES string of the molecule is Brc1ccc2[nH]cc(CN3CCc4nc(-c5cccs5)ncc4C3)c2c1. The first kappa shape index (κ1) is 16.2. The maximum absolute atomic E-state index is 4.81. The van der Waals surface area contributed by atoms with Crippen LogP contribution in [-0.4, -0.2) is 26.4 Å². The number of halogens is 1. The van der Waals surface area contributed by atoms with E-state index in [9.17, 15) is 0 Å². The van der Waals surface area contributed by atoms with Crippen molar-refractivity contribution in [2.45, 2.75) is 19.5 Å². The van der Waals surface area contributed by atoms with Gasteiger partial charge in [-0.15, -0.1) is 11.3 Å². The maximum atomic E-state index is 4.81. The van der Waals surface area contributed by atoms with Gasteiger partial charge in [-0.1, -0.05) is 22.0 Å². The third kappa shape index (κ3) is 2.98. The van der Waals surface area contributed by atoms with Crippen molar-refractivity contribution in [3.05, 3.63) is 69.4 Å². The molecule has 0 unspecified atom stereocenters. The van der Waals surface area contributed by atoms with Crippen molar-refractivity contribution in [2.24, 2.45) is 0 Å². The minimum absolute atomic E-state index is 0.855. The molecule has 0 amide bonds. The van der Waals surface area contributed by atoms with Crippen molar-refractivity contribution in [2.75, 3.05) is 6.54 Å². The molecule has 0 spiro atoms. The molecular weight excluding hydrogens is 408 g/mol. The summed E-state index contributed by atoms with van der Waals surface area (Å²) in [4.78, 5) is 16.4. The summed E-state index contributed by atoms with van der Waals surface area (Å²) < 4.78 is 1.12. The van der Waals surface area contributed by atoms with E-state index < -0.39 is 0 Å². The fraction of sp³-hybridized carbons (Fsp3) is 0.200. The Kier molecular flexibility index (Phi) is 4.11. The quantitative estimate of drug-likeness (QED) is 0.502. The van der Waals surface area contributed by atoms with Gasteiger partial charge in [0.05, 0.1) is 10.6 Å². The van der Waals surface area contributed by atoms with Crippen LogP contribution < -0.4 is 0 Å². The third-order valence-corrected chi connectivity index (χ3v) is 6.24. The molecule has 4 aromatic rings. The number of rotatable bonds is 3. The lowest BCUT2D eigenvalue weighted by Gasteiger charge is -2.27. The van der Waals surface area contributed by atoms with E-state index in [4.69, 9.17) is 4.98 Å². The standard InChI is InChI=1S/C20H17BrN4S/c21-15-3-4-18-16(8-15)13(9-22-18)11-25-6-5-17-14(12-25)10-23-20(24-17)19-2-1-7-26-19/h1-4,7-10,22H,5-6,11-12H2. The summed E-state index contributed by atoms with van der Waals surface area (Å²) in [6, 6.07) is 10.5. The zero-order chi connectivity index (χ0) is 17.5. The third-order valence-electron chi connectivity index (χ3n) is 4.88. The molecule has 4 nitrogen and oxygen atoms in total. The van der Waals surface area contributed by atoms with E-state index >= 15 is 0 Å². The molecule has 1 aliphatic heterocycles. The van der Waals surface area contributed by atoms with E-state index in [1.54, 1.807) is 11.3 Å². The molecule has 0 saturated carbocycles. The van der Waals surface area contributed by atoms with Crippen molar-refractivity contribution in [3.8, 4) is 10.7 Å². The Morgan fingerprint density at radius 3 is 3.12 bits per heavy atom. The Bertz CT molecular complexity index is 1070. The van der Waals surface area contributed by atoms with Crippen molar-refractivity contribution in [1.29, 1.82) is 0 Å². The van der Waals surface area contributed by atoms with E-state index in [1.165, 1.54) is 27.7 Å². The number of hydrogen-bond donors (Lipinski definition) is 1. The number of H-pyrrole nitrogens is 1. The van der Waals surface area contributed by atoms with Gasteiger partial charge in [0, 0.05) is 59.4 Å². The van der Waals surface area contributed by atoms with Crippen LogP contribution in [0, 0.1) is 0 Å². The van der Waals surface area contributed by atoms with Crippen LogP contribution in [0.2, 0.25) is 0 Å². The topological polar surface area (TPSA) is 44.8 Å². The number of hydrogen-bond acceptors (Lipinski definition) is 4. The molecule has 5 rings (SSSR count). The average Bonchev–Trinajstić information content (AvgIpc) is 3.32. The monoisotopic (exact) mass is 424 g/mol. The first-order valence-electron chi connectivity index (χ1n) is 8.63. The zero-order valence-corrected chi connectivity index (χ0v) is 16.5. The molecule has 6 heteroatoms. The van der Waals surface area contributed by atoms with Crippen LogP contribution in [0.4, 0.5) is 0 Å². The molecule has 1 aliphatic rings. The largest absolute Gasteiger partial charge is 0.361 e. The zero-order valence-electron chi connectivity index (χ0n) is 14.1. The summed E-state index contributed by atoms with van der Waals surface area (Å²) >= 11 is 5.27. The highest BCUT2D eigenvalue weighted by molar-refractivity contribution is 9.10. The van der Waals surface area contributed by atoms with Crippen LogP contribution >= 0.6 is 27.3 Å². The summed E-state index contributed by atoms with van der Waals surface area (Å²) in [6.45, 7) is 2.86. The number of fused-ring (bicyclic) bond motifs is 2. The van der Waals surface area contributed by atoms with Crippen molar-refractivity contribution in [1.82, 2.24) is 19.9 Å². The van der Waals surface area contributed by atoms with Crippen LogP contribution in [0.3, 0.4) is 0 Å². The molecule has 1 N–H and O–H groups in total. The molecule has 0 radical (unpaired) electrons. The molecule has 1 aromatic carbocycles. The smallest absolute Gasteiger partial charge is 0.169 e. The van der Waals surface area contributed by atoms with E-state index in [1.807, 2.05) is 12.3 Å². The average molecular weight is 425 g/mol. The fourth-order valence-electron chi connectivity index (χ4n) is 3.56. The lowest BCUT2D eigenvalue weighted by molar-refractivity contribution is 0.244. The summed E-state index contributed by atoms with van der Waals surface area (Å²) in [5.74, 6) is 0.855. The van der Waals surface area contributed by atoms with Crippen LogP contribution in [0.25, 0.3) is 21.6 Å². The maximum Gasteiger partial charge on any atom is 0.169 e. The molecule has 0 fully saturated rings. The van der Waals surface area contributed by atoms with Gasteiger partial charge in [-0.05, 0) is 35.2 Å². The van der Waals surface area contributed by atoms with Gasteiger partial charge in [-0.3, -0.25) is 4.90 Å². The van der Waals surface area contributed by atoms with Crippen LogP contribution in [0.5, 0.6) is 0 Å². The van der Waals surface area contributed by atoms with E-state index in [2.05, 4.69) is 66.6 Å². The van der Waals surface area contributed by atoms with Gasteiger partial charge >= 0.3 is 0 Å². The second-order valence-corrected chi connectivity index (χ2v) is 8.47. The minimum Gasteiger partial charge on any atom is -0.361 e. The van der Waals surface area contributed by atoms with Crippen LogP contribution in [0.1, 0.15) is 16.8 Å². The van der Waals surface area contributed by atoms with Gasteiger partial charge in [0.1, 0.15) is 0 Å². The summed E-state index contributed by atoms with van der Waals surface area (Å²) in [5, 5.41) is 3.36. The summed E-state index contributed by atoms with van der Waals surface area (Å²) in [7, 11) is 0. The Morgan fingerprint density at radius 1 is 1.27 bits per heavy atom. The molecule has 130 valence electrons. The minimum atomic E-state index is 0.855. The molecule has 26 heavy (non-hydrogen) atoms. The highest BCUT2D eigenvalue weighted by Crippen LogP contribution is 2.27. The van der Waals surface area contributed by atoms with Gasteiger partial charge < -0.3 is 4.98 Å².